The number of nitrogens with zero attached hydrogens (tertiary/aromatic N) is 2. The molecule has 0 spiro atoms. The summed E-state index contributed by atoms with van der Waals surface area (Å²) in [6, 6.07) is 6.61. The molecular weight excluding hydrogens is 257 g/mol. The van der Waals surface area contributed by atoms with Crippen LogP contribution in [-0.2, 0) is 12.5 Å². The van der Waals surface area contributed by atoms with Crippen LogP contribution in [0.4, 0.5) is 13.2 Å². The van der Waals surface area contributed by atoms with Crippen LogP contribution in [0.25, 0.3) is 11.0 Å². The second kappa shape index (κ2) is 4.08. The zero-order chi connectivity index (χ0) is 14.4. The Labute approximate surface area is 107 Å². The van der Waals surface area contributed by atoms with E-state index in [1.54, 1.807) is 24.3 Å². The number of hydrogen-bond acceptors (Lipinski definition) is 2. The van der Waals surface area contributed by atoms with Crippen LogP contribution in [0.1, 0.15) is 19.5 Å². The van der Waals surface area contributed by atoms with E-state index in [4.69, 9.17) is 0 Å². The number of benzene rings is 1. The highest BCUT2D eigenvalue weighted by molar-refractivity contribution is 5.74. The van der Waals surface area contributed by atoms with Crippen molar-refractivity contribution in [2.45, 2.75) is 25.4 Å². The van der Waals surface area contributed by atoms with Gasteiger partial charge in [-0.2, -0.15) is 13.2 Å². The molecule has 0 aliphatic heterocycles. The number of alkyl halides is 3. The maximum atomic E-state index is 13.0. The highest BCUT2D eigenvalue weighted by Crippen LogP contribution is 2.38. The van der Waals surface area contributed by atoms with E-state index in [-0.39, 0.29) is 0 Å². The van der Waals surface area contributed by atoms with Crippen LogP contribution < -0.4 is 5.56 Å². The van der Waals surface area contributed by atoms with Crippen molar-refractivity contribution in [1.82, 2.24) is 9.55 Å². The second-order valence-corrected chi connectivity index (χ2v) is 4.94. The van der Waals surface area contributed by atoms with Gasteiger partial charge in [0.15, 0.2) is 0 Å². The molecule has 0 unspecified atom stereocenters. The first kappa shape index (κ1) is 13.6. The van der Waals surface area contributed by atoms with Gasteiger partial charge in [-0.05, 0) is 26.0 Å². The van der Waals surface area contributed by atoms with Crippen LogP contribution in [0.5, 0.6) is 0 Å². The molecule has 0 saturated carbocycles. The van der Waals surface area contributed by atoms with Crippen molar-refractivity contribution in [3.63, 3.8) is 0 Å². The van der Waals surface area contributed by atoms with Crippen LogP contribution in [0.15, 0.2) is 29.1 Å². The van der Waals surface area contributed by atoms with E-state index < -0.39 is 22.8 Å². The molecular formula is C13H13F3N2O. The van der Waals surface area contributed by atoms with Crippen molar-refractivity contribution >= 4 is 11.0 Å². The largest absolute Gasteiger partial charge is 0.399 e. The van der Waals surface area contributed by atoms with Crippen molar-refractivity contribution in [2.24, 2.45) is 7.05 Å². The zero-order valence-electron chi connectivity index (χ0n) is 10.7. The minimum atomic E-state index is -4.53. The Morgan fingerprint density at radius 3 is 2.32 bits per heavy atom. The Morgan fingerprint density at radius 2 is 1.74 bits per heavy atom. The molecule has 6 heteroatoms. The molecule has 0 saturated heterocycles. The van der Waals surface area contributed by atoms with Crippen molar-refractivity contribution in [1.29, 1.82) is 0 Å². The minimum Gasteiger partial charge on any atom is -0.308 e. The average Bonchev–Trinajstić information content (AvgIpc) is 2.32. The van der Waals surface area contributed by atoms with E-state index in [0.717, 1.165) is 13.8 Å². The van der Waals surface area contributed by atoms with Gasteiger partial charge in [0.2, 0.25) is 0 Å². The van der Waals surface area contributed by atoms with Gasteiger partial charge in [0.05, 0.1) is 11.0 Å². The summed E-state index contributed by atoms with van der Waals surface area (Å²) in [6.07, 6.45) is -4.53. The van der Waals surface area contributed by atoms with Gasteiger partial charge in [-0.15, -0.1) is 0 Å². The van der Waals surface area contributed by atoms with Crippen molar-refractivity contribution in [2.75, 3.05) is 0 Å². The van der Waals surface area contributed by atoms with Crippen LogP contribution in [0, 0.1) is 0 Å². The van der Waals surface area contributed by atoms with Gasteiger partial charge in [-0.1, -0.05) is 12.1 Å². The molecule has 3 nitrogen and oxygen atoms in total. The first-order valence-electron chi connectivity index (χ1n) is 5.69. The molecule has 102 valence electrons. The summed E-state index contributed by atoms with van der Waals surface area (Å²) >= 11 is 0. The zero-order valence-corrected chi connectivity index (χ0v) is 10.7. The summed E-state index contributed by atoms with van der Waals surface area (Å²) in [6.45, 7) is 1.93. The molecule has 1 aromatic carbocycles. The summed E-state index contributed by atoms with van der Waals surface area (Å²) in [5.74, 6) is 0. The van der Waals surface area contributed by atoms with Gasteiger partial charge in [0.25, 0.3) is 5.56 Å². The van der Waals surface area contributed by atoms with E-state index in [2.05, 4.69) is 4.98 Å². The number of fused-ring (bicyclic) bond motifs is 1. The van der Waals surface area contributed by atoms with E-state index >= 15 is 0 Å². The van der Waals surface area contributed by atoms with Crippen LogP contribution in [0.3, 0.4) is 0 Å². The van der Waals surface area contributed by atoms with Gasteiger partial charge in [-0.3, -0.25) is 4.79 Å². The molecule has 0 bridgehead atoms. The fourth-order valence-corrected chi connectivity index (χ4v) is 1.82. The van der Waals surface area contributed by atoms with E-state index in [1.165, 1.54) is 11.6 Å². The van der Waals surface area contributed by atoms with Crippen molar-refractivity contribution in [3.8, 4) is 0 Å². The molecule has 1 heterocycles. The number of hydrogen-bond donors (Lipinski definition) is 0. The lowest BCUT2D eigenvalue weighted by molar-refractivity contribution is -0.181. The first-order chi connectivity index (χ1) is 8.66. The maximum Gasteiger partial charge on any atom is 0.399 e. The summed E-state index contributed by atoms with van der Waals surface area (Å²) in [5.41, 5.74) is -2.61. The van der Waals surface area contributed by atoms with E-state index in [9.17, 15) is 18.0 Å². The summed E-state index contributed by atoms with van der Waals surface area (Å²) < 4.78 is 40.3. The third-order valence-electron chi connectivity index (χ3n) is 3.28. The molecule has 0 amide bonds. The smallest absolute Gasteiger partial charge is 0.308 e. The summed E-state index contributed by atoms with van der Waals surface area (Å²) in [5, 5.41) is 0. The maximum absolute atomic E-state index is 13.0. The Balaban J connectivity index is 2.83. The predicted octanol–water partition coefficient (Wildman–Crippen LogP) is 2.77. The Hall–Kier alpha value is -1.85. The molecule has 0 atom stereocenters. The third kappa shape index (κ3) is 2.01. The summed E-state index contributed by atoms with van der Waals surface area (Å²) in [7, 11) is 1.45. The average molecular weight is 270 g/mol. The van der Waals surface area contributed by atoms with E-state index in [1.807, 2.05) is 0 Å². The lowest BCUT2D eigenvalue weighted by atomic mass is 9.88. The monoisotopic (exact) mass is 270 g/mol. The molecule has 0 fully saturated rings. The highest BCUT2D eigenvalue weighted by atomic mass is 19.4. The molecule has 0 radical (unpaired) electrons. The van der Waals surface area contributed by atoms with Crippen molar-refractivity contribution < 1.29 is 13.2 Å². The molecule has 0 aliphatic rings. The van der Waals surface area contributed by atoms with Crippen LogP contribution in [0.2, 0.25) is 0 Å². The van der Waals surface area contributed by atoms with Crippen LogP contribution >= 0.6 is 0 Å². The molecule has 2 rings (SSSR count). The number of aryl methyl sites for hydroxylation is 1. The number of aromatic nitrogens is 2. The molecule has 0 aliphatic carbocycles. The first-order valence-corrected chi connectivity index (χ1v) is 5.69. The number of para-hydroxylation sites is 2. The number of halogens is 3. The lowest BCUT2D eigenvalue weighted by Crippen LogP contribution is -2.43. The third-order valence-corrected chi connectivity index (χ3v) is 3.28. The fourth-order valence-electron chi connectivity index (χ4n) is 1.82. The van der Waals surface area contributed by atoms with Gasteiger partial charge in [-0.25, -0.2) is 4.98 Å². The SMILES string of the molecule is Cn1c(=O)c(C(C)(C)C(F)(F)F)nc2ccccc21. The van der Waals surface area contributed by atoms with E-state index in [0.29, 0.717) is 11.0 Å². The fraction of sp³-hybridized carbons (Fsp3) is 0.385. The molecule has 1 aromatic heterocycles. The molecule has 2 aromatic rings. The normalized spacial score (nSPS) is 12.9. The van der Waals surface area contributed by atoms with Gasteiger partial charge >= 0.3 is 6.18 Å². The Bertz CT molecular complexity index is 686. The minimum absolute atomic E-state index is 0.372. The van der Waals surface area contributed by atoms with Gasteiger partial charge in [0, 0.05) is 7.05 Å². The predicted molar refractivity (Wildman–Crippen MR) is 66.1 cm³/mol. The standard InChI is InChI=1S/C13H13F3N2O/c1-12(2,13(14,15)16)10-11(19)18(3)9-7-5-4-6-8(9)17-10/h4-7H,1-3H3. The topological polar surface area (TPSA) is 34.9 Å². The second-order valence-electron chi connectivity index (χ2n) is 4.94. The number of rotatable bonds is 1. The Morgan fingerprint density at radius 1 is 1.16 bits per heavy atom. The van der Waals surface area contributed by atoms with Gasteiger partial charge in [0.1, 0.15) is 11.1 Å². The Kier molecular flexibility index (Phi) is 2.91. The lowest BCUT2D eigenvalue weighted by Gasteiger charge is -2.27. The summed E-state index contributed by atoms with van der Waals surface area (Å²) in [4.78, 5) is 16.0. The molecule has 19 heavy (non-hydrogen) atoms. The quantitative estimate of drug-likeness (QED) is 0.798. The van der Waals surface area contributed by atoms with Gasteiger partial charge < -0.3 is 4.57 Å². The van der Waals surface area contributed by atoms with Crippen molar-refractivity contribution in [3.05, 3.63) is 40.3 Å². The van der Waals surface area contributed by atoms with Crippen LogP contribution in [-0.4, -0.2) is 15.7 Å². The highest BCUT2D eigenvalue weighted by Gasteiger charge is 2.51. The molecule has 0 N–H and O–H groups in total.